The molecule has 0 aliphatic rings. The monoisotopic (exact) mass is 165 g/mol. The van der Waals surface area contributed by atoms with Crippen molar-refractivity contribution in [1.82, 2.24) is 0 Å². The molecule has 0 aliphatic heterocycles. The lowest BCUT2D eigenvalue weighted by Crippen LogP contribution is -2.01. The first kappa shape index (κ1) is 9.07. The van der Waals surface area contributed by atoms with Gasteiger partial charge >= 0.3 is 0 Å². The highest BCUT2D eigenvalue weighted by molar-refractivity contribution is 5.58. The average molecular weight is 165 g/mol. The second-order valence-electron chi connectivity index (χ2n) is 3.17. The van der Waals surface area contributed by atoms with Crippen LogP contribution in [0, 0.1) is 20.8 Å². The molecule has 66 valence electrons. The molecule has 0 aromatic heterocycles. The van der Waals surface area contributed by atoms with Gasteiger partial charge in [-0.05, 0) is 37.5 Å². The van der Waals surface area contributed by atoms with Crippen LogP contribution in [0.4, 0.5) is 5.69 Å². The van der Waals surface area contributed by atoms with Gasteiger partial charge in [0, 0.05) is 11.3 Å². The molecule has 0 atom stereocenters. The number of rotatable bonds is 1. The molecule has 0 amide bonds. The highest BCUT2D eigenvalue weighted by atomic mass is 16.3. The van der Waals surface area contributed by atoms with Crippen LogP contribution in [-0.2, 0) is 6.61 Å². The summed E-state index contributed by atoms with van der Waals surface area (Å²) in [5.41, 5.74) is 10.8. The van der Waals surface area contributed by atoms with Crippen LogP contribution in [-0.4, -0.2) is 5.11 Å². The van der Waals surface area contributed by atoms with Crippen LogP contribution in [0.15, 0.2) is 6.07 Å². The van der Waals surface area contributed by atoms with E-state index in [-0.39, 0.29) is 6.61 Å². The summed E-state index contributed by atoms with van der Waals surface area (Å²) >= 11 is 0. The van der Waals surface area contributed by atoms with Gasteiger partial charge in [-0.3, -0.25) is 0 Å². The Morgan fingerprint density at radius 3 is 2.33 bits per heavy atom. The summed E-state index contributed by atoms with van der Waals surface area (Å²) in [6, 6.07) is 1.94. The van der Waals surface area contributed by atoms with Gasteiger partial charge in [-0.25, -0.2) is 0 Å². The van der Waals surface area contributed by atoms with E-state index in [9.17, 15) is 0 Å². The predicted octanol–water partition coefficient (Wildman–Crippen LogP) is 1.69. The van der Waals surface area contributed by atoms with Gasteiger partial charge in [0.2, 0.25) is 0 Å². The van der Waals surface area contributed by atoms with Crippen LogP contribution >= 0.6 is 0 Å². The molecule has 0 saturated heterocycles. The average Bonchev–Trinajstić information content (AvgIpc) is 2.08. The lowest BCUT2D eigenvalue weighted by atomic mass is 9.98. The molecule has 0 heterocycles. The molecule has 0 aliphatic carbocycles. The maximum absolute atomic E-state index is 8.98. The number of hydrogen-bond acceptors (Lipinski definition) is 2. The molecule has 0 bridgehead atoms. The van der Waals surface area contributed by atoms with Gasteiger partial charge in [0.25, 0.3) is 0 Å². The standard InChI is InChI=1S/C10H15NO/c1-6-4-9(5-12)10(11)8(3)7(6)2/h4,12H,5,11H2,1-3H3. The van der Waals surface area contributed by atoms with Crippen molar-refractivity contribution < 1.29 is 5.11 Å². The van der Waals surface area contributed by atoms with Crippen molar-refractivity contribution in [1.29, 1.82) is 0 Å². The van der Waals surface area contributed by atoms with E-state index in [0.29, 0.717) is 0 Å². The summed E-state index contributed by atoms with van der Waals surface area (Å²) in [6.07, 6.45) is 0. The van der Waals surface area contributed by atoms with E-state index >= 15 is 0 Å². The number of aliphatic hydroxyl groups excluding tert-OH is 1. The Labute approximate surface area is 73.0 Å². The summed E-state index contributed by atoms with van der Waals surface area (Å²) in [4.78, 5) is 0. The maximum atomic E-state index is 8.98. The molecule has 3 N–H and O–H groups in total. The van der Waals surface area contributed by atoms with Gasteiger partial charge < -0.3 is 10.8 Å². The van der Waals surface area contributed by atoms with Crippen LogP contribution in [0.25, 0.3) is 0 Å². The zero-order chi connectivity index (χ0) is 9.30. The summed E-state index contributed by atoms with van der Waals surface area (Å²) in [5.74, 6) is 0. The van der Waals surface area contributed by atoms with Gasteiger partial charge in [-0.2, -0.15) is 0 Å². The molecule has 1 rings (SSSR count). The fourth-order valence-electron chi connectivity index (χ4n) is 1.32. The third-order valence-corrected chi connectivity index (χ3v) is 2.47. The van der Waals surface area contributed by atoms with Crippen LogP contribution in [0.1, 0.15) is 22.3 Å². The molecular weight excluding hydrogens is 150 g/mol. The van der Waals surface area contributed by atoms with E-state index in [1.54, 1.807) is 0 Å². The Kier molecular flexibility index (Phi) is 2.38. The van der Waals surface area contributed by atoms with Crippen molar-refractivity contribution in [3.05, 3.63) is 28.3 Å². The second-order valence-corrected chi connectivity index (χ2v) is 3.17. The molecule has 0 radical (unpaired) electrons. The predicted molar refractivity (Wildman–Crippen MR) is 51.0 cm³/mol. The van der Waals surface area contributed by atoms with Crippen LogP contribution < -0.4 is 5.73 Å². The Morgan fingerprint density at radius 1 is 1.25 bits per heavy atom. The Hall–Kier alpha value is -1.02. The summed E-state index contributed by atoms with van der Waals surface area (Å²) < 4.78 is 0. The Bertz CT molecular complexity index is 305. The molecule has 12 heavy (non-hydrogen) atoms. The van der Waals surface area contributed by atoms with Crippen molar-refractivity contribution in [2.24, 2.45) is 0 Å². The Balaban J connectivity index is 3.39. The summed E-state index contributed by atoms with van der Waals surface area (Å²) in [5, 5.41) is 8.98. The minimum Gasteiger partial charge on any atom is -0.398 e. The number of aryl methyl sites for hydroxylation is 1. The van der Waals surface area contributed by atoms with Crippen molar-refractivity contribution in [2.45, 2.75) is 27.4 Å². The SMILES string of the molecule is Cc1cc(CO)c(N)c(C)c1C. The van der Waals surface area contributed by atoms with E-state index < -0.39 is 0 Å². The first-order chi connectivity index (χ1) is 5.57. The van der Waals surface area contributed by atoms with E-state index in [1.165, 1.54) is 11.1 Å². The zero-order valence-corrected chi connectivity index (χ0v) is 7.81. The van der Waals surface area contributed by atoms with Gasteiger partial charge in [0.1, 0.15) is 0 Å². The van der Waals surface area contributed by atoms with Crippen molar-refractivity contribution in [2.75, 3.05) is 5.73 Å². The quantitative estimate of drug-likeness (QED) is 0.622. The molecule has 1 aromatic carbocycles. The van der Waals surface area contributed by atoms with Gasteiger partial charge in [-0.1, -0.05) is 6.07 Å². The third-order valence-electron chi connectivity index (χ3n) is 2.47. The lowest BCUT2D eigenvalue weighted by Gasteiger charge is -2.11. The van der Waals surface area contributed by atoms with Gasteiger partial charge in [-0.15, -0.1) is 0 Å². The number of hydrogen-bond donors (Lipinski definition) is 2. The molecule has 1 aromatic rings. The van der Waals surface area contributed by atoms with Crippen molar-refractivity contribution in [3.63, 3.8) is 0 Å². The highest BCUT2D eigenvalue weighted by Crippen LogP contribution is 2.23. The fraction of sp³-hybridized carbons (Fsp3) is 0.400. The number of nitrogens with two attached hydrogens (primary N) is 1. The lowest BCUT2D eigenvalue weighted by molar-refractivity contribution is 0.282. The minimum atomic E-state index is 0.0216. The first-order valence-corrected chi connectivity index (χ1v) is 4.04. The number of benzene rings is 1. The van der Waals surface area contributed by atoms with Crippen LogP contribution in [0.5, 0.6) is 0 Å². The molecule has 0 unspecified atom stereocenters. The van der Waals surface area contributed by atoms with Crippen LogP contribution in [0.3, 0.4) is 0 Å². The largest absolute Gasteiger partial charge is 0.398 e. The maximum Gasteiger partial charge on any atom is 0.0702 e. The van der Waals surface area contributed by atoms with Crippen molar-refractivity contribution in [3.8, 4) is 0 Å². The molecule has 0 saturated carbocycles. The highest BCUT2D eigenvalue weighted by Gasteiger charge is 2.06. The topological polar surface area (TPSA) is 46.2 Å². The molecule has 0 spiro atoms. The minimum absolute atomic E-state index is 0.0216. The van der Waals surface area contributed by atoms with E-state index in [2.05, 4.69) is 0 Å². The summed E-state index contributed by atoms with van der Waals surface area (Å²) in [6.45, 7) is 6.08. The fourth-order valence-corrected chi connectivity index (χ4v) is 1.32. The molecular formula is C10H15NO. The Morgan fingerprint density at radius 2 is 1.83 bits per heavy atom. The first-order valence-electron chi connectivity index (χ1n) is 4.04. The van der Waals surface area contributed by atoms with Gasteiger partial charge in [0.05, 0.1) is 6.61 Å². The number of nitrogen functional groups attached to an aromatic ring is 1. The number of anilines is 1. The second kappa shape index (κ2) is 3.15. The van der Waals surface area contributed by atoms with E-state index in [1.807, 2.05) is 26.8 Å². The third kappa shape index (κ3) is 1.30. The van der Waals surface area contributed by atoms with E-state index in [4.69, 9.17) is 10.8 Å². The smallest absolute Gasteiger partial charge is 0.0702 e. The van der Waals surface area contributed by atoms with Gasteiger partial charge in [0.15, 0.2) is 0 Å². The zero-order valence-electron chi connectivity index (χ0n) is 7.81. The number of aliphatic hydroxyl groups is 1. The normalized spacial score (nSPS) is 10.3. The molecule has 2 heteroatoms. The van der Waals surface area contributed by atoms with E-state index in [0.717, 1.165) is 16.8 Å². The summed E-state index contributed by atoms with van der Waals surface area (Å²) in [7, 11) is 0. The molecule has 0 fully saturated rings. The molecule has 2 nitrogen and oxygen atoms in total. The van der Waals surface area contributed by atoms with Crippen LogP contribution in [0.2, 0.25) is 0 Å². The van der Waals surface area contributed by atoms with Crippen molar-refractivity contribution >= 4 is 5.69 Å².